The number of nitrogens with one attached hydrogen (secondary N) is 4. The fourth-order valence-electron chi connectivity index (χ4n) is 3.26. The summed E-state index contributed by atoms with van der Waals surface area (Å²) >= 11 is 0. The van der Waals surface area contributed by atoms with Gasteiger partial charge in [-0.25, -0.2) is 14.4 Å². The van der Waals surface area contributed by atoms with Crippen molar-refractivity contribution in [3.05, 3.63) is 89.7 Å². The number of amides is 4. The molecular weight excluding hydrogens is 522 g/mol. The molecule has 0 spiro atoms. The van der Waals surface area contributed by atoms with Gasteiger partial charge >= 0.3 is 18.1 Å². The first-order chi connectivity index (χ1) is 19.3. The minimum absolute atomic E-state index is 0.0527. The predicted octanol–water partition coefficient (Wildman–Crippen LogP) is 1.77. The van der Waals surface area contributed by atoms with Crippen molar-refractivity contribution in [2.45, 2.75) is 19.2 Å². The Kier molecular flexibility index (Phi) is 11.1. The number of urea groups is 1. The van der Waals surface area contributed by atoms with Crippen LogP contribution in [0.2, 0.25) is 0 Å². The summed E-state index contributed by atoms with van der Waals surface area (Å²) < 4.78 is 10.5. The second-order valence-electron chi connectivity index (χ2n) is 8.26. The summed E-state index contributed by atoms with van der Waals surface area (Å²) in [7, 11) is 0. The van der Waals surface area contributed by atoms with E-state index in [9.17, 15) is 29.4 Å². The third kappa shape index (κ3) is 9.85. The summed E-state index contributed by atoms with van der Waals surface area (Å²) in [6, 6.07) is 16.3. The van der Waals surface area contributed by atoms with E-state index in [1.807, 2.05) is 6.07 Å². The standard InChI is InChI=1S/C27H29N5O8/c33-23-14-20(39-13-12-29-26(37)31-15-19-8-4-5-11-28-19)9-10-21(23)24(34)30-16-22(25(35)36)32-27(38)40-17-18-6-2-1-3-7-18/h1-11,14,22,33H,12-13,15-17H2,(H,30,34)(H,32,38)(H,35,36)(H2,29,31,37)/t22-/m0/s1. The Hall–Kier alpha value is -5.33. The van der Waals surface area contributed by atoms with E-state index < -0.39 is 42.3 Å². The van der Waals surface area contributed by atoms with Gasteiger partial charge in [-0.3, -0.25) is 9.78 Å². The van der Waals surface area contributed by atoms with E-state index in [-0.39, 0.29) is 37.6 Å². The maximum absolute atomic E-state index is 12.5. The number of hydrogen-bond acceptors (Lipinski definition) is 8. The maximum atomic E-state index is 12.5. The average Bonchev–Trinajstić information content (AvgIpc) is 2.96. The number of hydrogen-bond donors (Lipinski definition) is 6. The molecule has 1 heterocycles. The molecule has 210 valence electrons. The summed E-state index contributed by atoms with van der Waals surface area (Å²) in [6.07, 6.45) is 0.666. The number of aromatic nitrogens is 1. The lowest BCUT2D eigenvalue weighted by molar-refractivity contribution is -0.139. The smallest absolute Gasteiger partial charge is 0.408 e. The molecule has 1 atom stereocenters. The lowest BCUT2D eigenvalue weighted by Gasteiger charge is -2.16. The Bertz CT molecular complexity index is 1290. The molecule has 6 N–H and O–H groups in total. The van der Waals surface area contributed by atoms with Gasteiger partial charge in [0.15, 0.2) is 0 Å². The van der Waals surface area contributed by atoms with Crippen LogP contribution in [-0.4, -0.2) is 64.9 Å². The highest BCUT2D eigenvalue weighted by atomic mass is 16.5. The van der Waals surface area contributed by atoms with Crippen molar-refractivity contribution in [1.29, 1.82) is 0 Å². The molecule has 0 aliphatic heterocycles. The number of carboxylic acids is 1. The Balaban J connectivity index is 1.39. The lowest BCUT2D eigenvalue weighted by atomic mass is 10.1. The number of rotatable bonds is 13. The molecule has 3 rings (SSSR count). The number of benzene rings is 2. The number of phenols is 1. The molecule has 13 nitrogen and oxygen atoms in total. The third-order valence-corrected chi connectivity index (χ3v) is 5.30. The van der Waals surface area contributed by atoms with Crippen molar-refractivity contribution in [2.75, 3.05) is 19.7 Å². The van der Waals surface area contributed by atoms with Crippen LogP contribution < -0.4 is 26.0 Å². The molecule has 0 bridgehead atoms. The monoisotopic (exact) mass is 551 g/mol. The number of ether oxygens (including phenoxy) is 2. The van der Waals surface area contributed by atoms with E-state index in [1.54, 1.807) is 48.7 Å². The fourth-order valence-corrected chi connectivity index (χ4v) is 3.26. The molecule has 1 aromatic heterocycles. The van der Waals surface area contributed by atoms with Crippen LogP contribution >= 0.6 is 0 Å². The molecular formula is C27H29N5O8. The van der Waals surface area contributed by atoms with Crippen molar-refractivity contribution < 1.29 is 38.9 Å². The number of carboxylic acid groups (broad SMARTS) is 1. The number of pyridine rings is 1. The van der Waals surface area contributed by atoms with Crippen molar-refractivity contribution >= 4 is 24.0 Å². The van der Waals surface area contributed by atoms with E-state index in [1.165, 1.54) is 18.2 Å². The Morgan fingerprint density at radius 2 is 1.70 bits per heavy atom. The van der Waals surface area contributed by atoms with Gasteiger partial charge in [0.2, 0.25) is 0 Å². The third-order valence-electron chi connectivity index (χ3n) is 5.30. The van der Waals surface area contributed by atoms with Crippen molar-refractivity contribution in [3.63, 3.8) is 0 Å². The van der Waals surface area contributed by atoms with Crippen LogP contribution in [0.3, 0.4) is 0 Å². The summed E-state index contributed by atoms with van der Waals surface area (Å²) in [5.41, 5.74) is 1.30. The zero-order chi connectivity index (χ0) is 28.7. The number of alkyl carbamates (subject to hydrolysis) is 1. The molecule has 4 amide bonds. The van der Waals surface area contributed by atoms with E-state index in [2.05, 4.69) is 26.3 Å². The van der Waals surface area contributed by atoms with E-state index in [0.29, 0.717) is 5.69 Å². The number of nitrogens with zero attached hydrogens (tertiary/aromatic N) is 1. The van der Waals surface area contributed by atoms with Crippen LogP contribution in [0.1, 0.15) is 21.6 Å². The minimum Gasteiger partial charge on any atom is -0.507 e. The summed E-state index contributed by atoms with van der Waals surface area (Å²) in [4.78, 5) is 51.9. The highest BCUT2D eigenvalue weighted by molar-refractivity contribution is 5.97. The number of aromatic hydroxyl groups is 1. The minimum atomic E-state index is -1.47. The van der Waals surface area contributed by atoms with Gasteiger partial charge in [0, 0.05) is 18.8 Å². The zero-order valence-corrected chi connectivity index (χ0v) is 21.3. The van der Waals surface area contributed by atoms with Gasteiger partial charge in [0.1, 0.15) is 30.8 Å². The van der Waals surface area contributed by atoms with Crippen LogP contribution in [0.15, 0.2) is 72.9 Å². The maximum Gasteiger partial charge on any atom is 0.408 e. The number of phenolic OH excluding ortho intramolecular Hbond substituents is 1. The van der Waals surface area contributed by atoms with Crippen molar-refractivity contribution in [1.82, 2.24) is 26.3 Å². The first kappa shape index (κ1) is 29.2. The van der Waals surface area contributed by atoms with E-state index >= 15 is 0 Å². The molecule has 2 aromatic carbocycles. The van der Waals surface area contributed by atoms with Crippen LogP contribution in [0.5, 0.6) is 11.5 Å². The van der Waals surface area contributed by atoms with Gasteiger partial charge in [0.25, 0.3) is 5.91 Å². The molecule has 3 aromatic rings. The molecule has 40 heavy (non-hydrogen) atoms. The van der Waals surface area contributed by atoms with Gasteiger partial charge in [0.05, 0.1) is 24.3 Å². The molecule has 13 heteroatoms. The largest absolute Gasteiger partial charge is 0.507 e. The van der Waals surface area contributed by atoms with Crippen LogP contribution in [0, 0.1) is 0 Å². The van der Waals surface area contributed by atoms with Crippen LogP contribution in [0.25, 0.3) is 0 Å². The second kappa shape index (κ2) is 15.2. The van der Waals surface area contributed by atoms with Gasteiger partial charge < -0.3 is 41.0 Å². The van der Waals surface area contributed by atoms with E-state index in [4.69, 9.17) is 9.47 Å². The molecule has 0 aliphatic rings. The fraction of sp³-hybridized carbons (Fsp3) is 0.222. The quantitative estimate of drug-likeness (QED) is 0.172. The molecule has 0 aliphatic carbocycles. The van der Waals surface area contributed by atoms with Gasteiger partial charge in [-0.05, 0) is 29.8 Å². The SMILES string of the molecule is O=C(NCCOc1ccc(C(=O)NC[C@H](NC(=O)OCc2ccccc2)C(=O)O)c(O)c1)NCc1ccccn1. The van der Waals surface area contributed by atoms with Crippen LogP contribution in [0.4, 0.5) is 9.59 Å². The van der Waals surface area contributed by atoms with Gasteiger partial charge in [-0.15, -0.1) is 0 Å². The second-order valence-corrected chi connectivity index (χ2v) is 8.26. The molecule has 0 radical (unpaired) electrons. The van der Waals surface area contributed by atoms with Gasteiger partial charge in [-0.2, -0.15) is 0 Å². The average molecular weight is 552 g/mol. The summed E-state index contributed by atoms with van der Waals surface area (Å²) in [5.74, 6) is -2.31. The van der Waals surface area contributed by atoms with E-state index in [0.717, 1.165) is 5.56 Å². The predicted molar refractivity (Wildman–Crippen MR) is 142 cm³/mol. The summed E-state index contributed by atoms with van der Waals surface area (Å²) in [5, 5.41) is 29.4. The topological polar surface area (TPSA) is 188 Å². The van der Waals surface area contributed by atoms with Crippen LogP contribution in [-0.2, 0) is 22.7 Å². The zero-order valence-electron chi connectivity index (χ0n) is 21.3. The Labute approximate surface area is 229 Å². The van der Waals surface area contributed by atoms with Crippen molar-refractivity contribution in [3.8, 4) is 11.5 Å². The number of carbonyl (C=O) groups is 4. The normalized spacial score (nSPS) is 11.0. The molecule has 0 saturated heterocycles. The highest BCUT2D eigenvalue weighted by Crippen LogP contribution is 2.23. The summed E-state index contributed by atoms with van der Waals surface area (Å²) in [6.45, 7) is 0.0263. The lowest BCUT2D eigenvalue weighted by Crippen LogP contribution is -2.48. The Morgan fingerprint density at radius 3 is 2.40 bits per heavy atom. The number of carbonyl (C=O) groups excluding carboxylic acids is 3. The Morgan fingerprint density at radius 1 is 0.925 bits per heavy atom. The number of aliphatic carboxylic acids is 1. The molecule has 0 unspecified atom stereocenters. The first-order valence-electron chi connectivity index (χ1n) is 12.2. The molecule has 0 fully saturated rings. The first-order valence-corrected chi connectivity index (χ1v) is 12.2. The van der Waals surface area contributed by atoms with Gasteiger partial charge in [-0.1, -0.05) is 36.4 Å². The highest BCUT2D eigenvalue weighted by Gasteiger charge is 2.22. The van der Waals surface area contributed by atoms with Crippen molar-refractivity contribution in [2.24, 2.45) is 0 Å². The molecule has 0 saturated carbocycles.